The molecular weight excluding hydrogens is 294 g/mol. The number of esters is 1. The molecule has 124 valence electrons. The van der Waals surface area contributed by atoms with E-state index < -0.39 is 11.9 Å². The molecule has 5 nitrogen and oxygen atoms in total. The normalized spacial score (nSPS) is 33.2. The fourth-order valence-electron chi connectivity index (χ4n) is 3.42. The molecular formula is C18H23NO4. The van der Waals surface area contributed by atoms with E-state index in [-0.39, 0.29) is 17.3 Å². The number of oxime groups is 1. The van der Waals surface area contributed by atoms with Gasteiger partial charge in [0.15, 0.2) is 5.60 Å². The third-order valence-corrected chi connectivity index (χ3v) is 4.70. The summed E-state index contributed by atoms with van der Waals surface area (Å²) in [6.07, 6.45) is 1.36. The number of carbonyl (C=O) groups excluding carboxylic acids is 1. The lowest BCUT2D eigenvalue weighted by atomic mass is 9.80. The molecule has 5 heteroatoms. The summed E-state index contributed by atoms with van der Waals surface area (Å²) in [4.78, 5) is 12.9. The lowest BCUT2D eigenvalue weighted by Gasteiger charge is -2.32. The van der Waals surface area contributed by atoms with E-state index in [1.165, 1.54) is 0 Å². The summed E-state index contributed by atoms with van der Waals surface area (Å²) in [5, 5.41) is 12.4. The van der Waals surface area contributed by atoms with Crippen molar-refractivity contribution in [1.82, 2.24) is 0 Å². The van der Waals surface area contributed by atoms with Crippen molar-refractivity contribution in [2.24, 2.45) is 16.5 Å². The first kappa shape index (κ1) is 16.0. The van der Waals surface area contributed by atoms with Gasteiger partial charge in [0.25, 0.3) is 0 Å². The molecule has 23 heavy (non-hydrogen) atoms. The highest BCUT2D eigenvalue weighted by Gasteiger charge is 2.59. The summed E-state index contributed by atoms with van der Waals surface area (Å²) in [6.45, 7) is 5.96. The Kier molecular flexibility index (Phi) is 3.92. The summed E-state index contributed by atoms with van der Waals surface area (Å²) >= 11 is 0. The Morgan fingerprint density at radius 3 is 2.48 bits per heavy atom. The Morgan fingerprint density at radius 2 is 1.96 bits per heavy atom. The molecule has 1 heterocycles. The number of ether oxygens (including phenoxy) is 2. The van der Waals surface area contributed by atoms with Crippen molar-refractivity contribution in [3.63, 3.8) is 0 Å². The van der Waals surface area contributed by atoms with E-state index in [4.69, 9.17) is 14.7 Å². The zero-order valence-electron chi connectivity index (χ0n) is 13.8. The van der Waals surface area contributed by atoms with E-state index in [2.05, 4.69) is 5.16 Å². The summed E-state index contributed by atoms with van der Waals surface area (Å²) in [5.74, 6) is -0.427. The number of hydrogen-bond acceptors (Lipinski definition) is 5. The summed E-state index contributed by atoms with van der Waals surface area (Å²) in [6, 6.07) is 9.51. The van der Waals surface area contributed by atoms with Crippen molar-refractivity contribution in [3.05, 3.63) is 35.9 Å². The van der Waals surface area contributed by atoms with Crippen LogP contribution in [0.25, 0.3) is 0 Å². The van der Waals surface area contributed by atoms with Crippen LogP contribution >= 0.6 is 0 Å². The molecule has 1 saturated heterocycles. The number of benzene rings is 1. The number of nitrogens with zero attached hydrogens (tertiary/aromatic N) is 1. The van der Waals surface area contributed by atoms with Crippen LogP contribution in [0.4, 0.5) is 0 Å². The SMILES string of the molecule is CC(C)(C)[C@H]1OC(=O)[C@](c2ccccc2)([C@@H]2CC/C(=N/O)C2)O1. The van der Waals surface area contributed by atoms with Crippen molar-refractivity contribution in [2.75, 3.05) is 0 Å². The predicted octanol–water partition coefficient (Wildman–Crippen LogP) is 3.46. The smallest absolute Gasteiger partial charge is 0.345 e. The standard InChI is InChI=1S/C18H23NO4/c1-17(2,3)16-22-15(20)18(23-16,12-7-5-4-6-8-12)13-9-10-14(11-13)19-21/h4-8,13,16,21H,9-11H2,1-3H3/b19-14-/t13-,16+,18+/m1/s1. The first-order chi connectivity index (χ1) is 10.9. The Balaban J connectivity index is 2.04. The van der Waals surface area contributed by atoms with Gasteiger partial charge in [-0.2, -0.15) is 0 Å². The summed E-state index contributed by atoms with van der Waals surface area (Å²) in [7, 11) is 0. The number of carbonyl (C=O) groups is 1. The van der Waals surface area contributed by atoms with Crippen LogP contribution in [0.15, 0.2) is 35.5 Å². The second kappa shape index (κ2) is 5.64. The first-order valence-corrected chi connectivity index (χ1v) is 8.02. The van der Waals surface area contributed by atoms with Gasteiger partial charge in [0.2, 0.25) is 6.29 Å². The van der Waals surface area contributed by atoms with Gasteiger partial charge in [0, 0.05) is 11.3 Å². The maximum atomic E-state index is 12.9. The van der Waals surface area contributed by atoms with E-state index >= 15 is 0 Å². The first-order valence-electron chi connectivity index (χ1n) is 8.02. The van der Waals surface area contributed by atoms with Gasteiger partial charge in [-0.1, -0.05) is 56.3 Å². The van der Waals surface area contributed by atoms with Gasteiger partial charge in [0.05, 0.1) is 5.71 Å². The summed E-state index contributed by atoms with van der Waals surface area (Å²) in [5.41, 5.74) is 0.0894. The second-order valence-electron chi connectivity index (χ2n) is 7.43. The molecule has 3 atom stereocenters. The van der Waals surface area contributed by atoms with Crippen LogP contribution in [-0.4, -0.2) is 23.2 Å². The predicted molar refractivity (Wildman–Crippen MR) is 85.1 cm³/mol. The minimum atomic E-state index is -1.12. The average Bonchev–Trinajstić information content (AvgIpc) is 3.12. The fourth-order valence-corrected chi connectivity index (χ4v) is 3.42. The highest BCUT2D eigenvalue weighted by Crippen LogP contribution is 2.49. The van der Waals surface area contributed by atoms with E-state index in [1.54, 1.807) is 0 Å². The molecule has 0 bridgehead atoms. The number of cyclic esters (lactones) is 1. The zero-order chi connectivity index (χ0) is 16.7. The quantitative estimate of drug-likeness (QED) is 0.515. The van der Waals surface area contributed by atoms with Crippen molar-refractivity contribution in [1.29, 1.82) is 0 Å². The van der Waals surface area contributed by atoms with Gasteiger partial charge >= 0.3 is 5.97 Å². The minimum absolute atomic E-state index is 0.0874. The van der Waals surface area contributed by atoms with Crippen LogP contribution in [0, 0.1) is 11.3 Å². The Bertz CT molecular complexity index is 620. The Morgan fingerprint density at radius 1 is 1.26 bits per heavy atom. The minimum Gasteiger partial charge on any atom is -0.433 e. The Hall–Kier alpha value is -1.88. The lowest BCUT2D eigenvalue weighted by Crippen LogP contribution is -2.41. The monoisotopic (exact) mass is 317 g/mol. The van der Waals surface area contributed by atoms with Crippen LogP contribution in [0.2, 0.25) is 0 Å². The van der Waals surface area contributed by atoms with Crippen molar-refractivity contribution in [3.8, 4) is 0 Å². The van der Waals surface area contributed by atoms with E-state index in [0.717, 1.165) is 12.0 Å². The van der Waals surface area contributed by atoms with E-state index in [0.29, 0.717) is 18.6 Å². The molecule has 0 aromatic heterocycles. The molecule has 3 rings (SSSR count). The van der Waals surface area contributed by atoms with E-state index in [9.17, 15) is 4.79 Å². The van der Waals surface area contributed by atoms with Gasteiger partial charge in [-0.15, -0.1) is 0 Å². The molecule has 1 saturated carbocycles. The zero-order valence-corrected chi connectivity index (χ0v) is 13.8. The second-order valence-corrected chi connectivity index (χ2v) is 7.43. The van der Waals surface area contributed by atoms with Gasteiger partial charge in [-0.05, 0) is 24.8 Å². The molecule has 1 N–H and O–H groups in total. The largest absolute Gasteiger partial charge is 0.433 e. The van der Waals surface area contributed by atoms with Crippen LogP contribution in [-0.2, 0) is 19.9 Å². The molecule has 2 fully saturated rings. The van der Waals surface area contributed by atoms with Crippen molar-refractivity contribution in [2.45, 2.75) is 51.9 Å². The van der Waals surface area contributed by atoms with Crippen LogP contribution in [0.1, 0.15) is 45.6 Å². The third-order valence-electron chi connectivity index (χ3n) is 4.70. The van der Waals surface area contributed by atoms with Gasteiger partial charge in [-0.3, -0.25) is 0 Å². The van der Waals surface area contributed by atoms with Crippen LogP contribution < -0.4 is 0 Å². The molecule has 1 aliphatic heterocycles. The van der Waals surface area contributed by atoms with Crippen molar-refractivity contribution < 1.29 is 19.5 Å². The highest BCUT2D eigenvalue weighted by atomic mass is 16.8. The topological polar surface area (TPSA) is 68.1 Å². The van der Waals surface area contributed by atoms with Gasteiger partial charge in [0.1, 0.15) is 0 Å². The fraction of sp³-hybridized carbons (Fsp3) is 0.556. The molecule has 0 unspecified atom stereocenters. The van der Waals surface area contributed by atoms with Crippen LogP contribution in [0.5, 0.6) is 0 Å². The maximum Gasteiger partial charge on any atom is 0.345 e. The maximum absolute atomic E-state index is 12.9. The molecule has 0 amide bonds. The van der Waals surface area contributed by atoms with Gasteiger partial charge < -0.3 is 14.7 Å². The number of rotatable bonds is 2. The highest BCUT2D eigenvalue weighted by molar-refractivity contribution is 5.89. The molecule has 0 spiro atoms. The van der Waals surface area contributed by atoms with E-state index in [1.807, 2.05) is 51.1 Å². The molecule has 1 aromatic carbocycles. The lowest BCUT2D eigenvalue weighted by molar-refractivity contribution is -0.161. The average molecular weight is 317 g/mol. The molecule has 2 aliphatic rings. The third kappa shape index (κ3) is 2.63. The Labute approximate surface area is 136 Å². The van der Waals surface area contributed by atoms with Crippen LogP contribution in [0.3, 0.4) is 0 Å². The summed E-state index contributed by atoms with van der Waals surface area (Å²) < 4.78 is 11.9. The van der Waals surface area contributed by atoms with Gasteiger partial charge in [-0.25, -0.2) is 4.79 Å². The molecule has 1 aromatic rings. The molecule has 1 aliphatic carbocycles. The molecule has 0 radical (unpaired) electrons. The van der Waals surface area contributed by atoms with Crippen molar-refractivity contribution >= 4 is 11.7 Å². The number of hydrogen-bond donors (Lipinski definition) is 1.